The first kappa shape index (κ1) is 16.9. The van der Waals surface area contributed by atoms with Crippen LogP contribution in [0.15, 0.2) is 18.3 Å². The lowest BCUT2D eigenvalue weighted by molar-refractivity contribution is -0.911. The predicted octanol–water partition coefficient (Wildman–Crippen LogP) is 2.08. The van der Waals surface area contributed by atoms with Gasteiger partial charge in [0.25, 0.3) is 5.91 Å². The van der Waals surface area contributed by atoms with Crippen LogP contribution in [0.3, 0.4) is 0 Å². The standard InChI is InChI=1S/C22H33N3O/c1-24-6-2-4-19(24)20-5-3-7-25(20)14-21(26)23-15-22-11-16-8-17(12-22)10-18(9-16)13-22/h2,4,6,16-18,20H,3,5,7-15H2,1H3,(H,23,26)/p+1/t16?,17?,18?,20-,22?/m1/s1. The quantitative estimate of drug-likeness (QED) is 0.833. The summed E-state index contributed by atoms with van der Waals surface area (Å²) in [6, 6.07) is 4.84. The van der Waals surface area contributed by atoms with Crippen molar-refractivity contribution in [2.24, 2.45) is 30.2 Å². The summed E-state index contributed by atoms with van der Waals surface area (Å²) >= 11 is 0. The van der Waals surface area contributed by atoms with Gasteiger partial charge in [-0.1, -0.05) is 0 Å². The van der Waals surface area contributed by atoms with Crippen LogP contribution in [0, 0.1) is 23.2 Å². The lowest BCUT2D eigenvalue weighted by Gasteiger charge is -2.56. The van der Waals surface area contributed by atoms with E-state index in [1.54, 1.807) is 0 Å². The Bertz CT molecular complexity index is 643. The maximum atomic E-state index is 12.8. The summed E-state index contributed by atoms with van der Waals surface area (Å²) in [5, 5.41) is 3.38. The first-order valence-electron chi connectivity index (χ1n) is 10.8. The van der Waals surface area contributed by atoms with Gasteiger partial charge in [-0.3, -0.25) is 4.79 Å². The monoisotopic (exact) mass is 356 g/mol. The number of amides is 1. The Kier molecular flexibility index (Phi) is 4.15. The van der Waals surface area contributed by atoms with Crippen LogP contribution in [0.1, 0.15) is 63.1 Å². The number of carbonyl (C=O) groups excluding carboxylic acids is 1. The summed E-state index contributed by atoms with van der Waals surface area (Å²) in [5.41, 5.74) is 1.83. The van der Waals surface area contributed by atoms with Gasteiger partial charge in [0.05, 0.1) is 12.2 Å². The van der Waals surface area contributed by atoms with E-state index in [2.05, 4.69) is 35.3 Å². The van der Waals surface area contributed by atoms with Crippen molar-refractivity contribution in [2.45, 2.75) is 57.4 Å². The van der Waals surface area contributed by atoms with Crippen LogP contribution >= 0.6 is 0 Å². The van der Waals surface area contributed by atoms with Crippen molar-refractivity contribution in [1.82, 2.24) is 9.88 Å². The van der Waals surface area contributed by atoms with Crippen molar-refractivity contribution in [1.29, 1.82) is 0 Å². The minimum atomic E-state index is 0.275. The smallest absolute Gasteiger partial charge is 0.275 e. The molecule has 2 atom stereocenters. The van der Waals surface area contributed by atoms with Crippen LogP contribution in [-0.4, -0.2) is 30.1 Å². The second-order valence-corrected chi connectivity index (χ2v) is 10.0. The molecule has 6 rings (SSSR count). The van der Waals surface area contributed by atoms with Crippen molar-refractivity contribution in [3.63, 3.8) is 0 Å². The van der Waals surface area contributed by atoms with Gasteiger partial charge in [0.2, 0.25) is 0 Å². The number of hydrogen-bond donors (Lipinski definition) is 2. The number of nitrogens with zero attached hydrogens (tertiary/aromatic N) is 1. The zero-order valence-corrected chi connectivity index (χ0v) is 16.2. The SMILES string of the molecule is Cn1cccc1[C@H]1CCC[NH+]1CC(=O)NCC12CC3CC(CC(C3)C1)C2. The van der Waals surface area contributed by atoms with E-state index in [9.17, 15) is 4.79 Å². The van der Waals surface area contributed by atoms with Crippen LogP contribution in [0.4, 0.5) is 0 Å². The van der Waals surface area contributed by atoms with Crippen LogP contribution in [-0.2, 0) is 11.8 Å². The summed E-state index contributed by atoms with van der Waals surface area (Å²) in [5.74, 6) is 3.16. The number of carbonyl (C=O) groups is 1. The highest BCUT2D eigenvalue weighted by Crippen LogP contribution is 2.59. The molecule has 5 fully saturated rings. The van der Waals surface area contributed by atoms with Crippen molar-refractivity contribution in [2.75, 3.05) is 19.6 Å². The fourth-order valence-electron chi connectivity index (χ4n) is 7.38. The van der Waals surface area contributed by atoms with E-state index in [1.807, 2.05) is 0 Å². The largest absolute Gasteiger partial charge is 0.351 e. The van der Waals surface area contributed by atoms with E-state index < -0.39 is 0 Å². The molecule has 26 heavy (non-hydrogen) atoms. The Balaban J connectivity index is 1.18. The average molecular weight is 357 g/mol. The molecule has 5 aliphatic rings. The fraction of sp³-hybridized carbons (Fsp3) is 0.773. The Hall–Kier alpha value is -1.29. The van der Waals surface area contributed by atoms with Gasteiger partial charge in [0.1, 0.15) is 6.04 Å². The number of likely N-dealkylation sites (tertiary alicyclic amines) is 1. The van der Waals surface area contributed by atoms with Crippen molar-refractivity contribution in [3.05, 3.63) is 24.0 Å². The van der Waals surface area contributed by atoms with Gasteiger partial charge >= 0.3 is 0 Å². The topological polar surface area (TPSA) is 38.5 Å². The van der Waals surface area contributed by atoms with E-state index >= 15 is 0 Å². The van der Waals surface area contributed by atoms with Crippen LogP contribution < -0.4 is 10.2 Å². The molecule has 0 aromatic carbocycles. The Labute approximate surface area is 157 Å². The van der Waals surface area contributed by atoms with Gasteiger partial charge < -0.3 is 14.8 Å². The molecule has 1 unspecified atom stereocenters. The highest BCUT2D eigenvalue weighted by molar-refractivity contribution is 5.76. The molecule has 4 heteroatoms. The van der Waals surface area contributed by atoms with Crippen molar-refractivity contribution in [3.8, 4) is 0 Å². The molecule has 1 aromatic rings. The first-order valence-corrected chi connectivity index (χ1v) is 10.8. The van der Waals surface area contributed by atoms with Crippen LogP contribution in [0.5, 0.6) is 0 Å². The van der Waals surface area contributed by atoms with Crippen molar-refractivity contribution < 1.29 is 9.69 Å². The minimum Gasteiger partial charge on any atom is -0.351 e. The number of aromatic nitrogens is 1. The lowest BCUT2D eigenvalue weighted by atomic mass is 9.49. The molecule has 4 aliphatic carbocycles. The molecule has 4 saturated carbocycles. The number of rotatable bonds is 5. The molecule has 1 aromatic heterocycles. The molecule has 1 saturated heterocycles. The lowest BCUT2D eigenvalue weighted by Crippen LogP contribution is -3.11. The number of hydrogen-bond acceptors (Lipinski definition) is 1. The maximum absolute atomic E-state index is 12.8. The first-order chi connectivity index (χ1) is 12.6. The average Bonchev–Trinajstić information content (AvgIpc) is 3.20. The summed E-state index contributed by atoms with van der Waals surface area (Å²) in [4.78, 5) is 14.2. The molecule has 4 nitrogen and oxygen atoms in total. The van der Waals surface area contributed by atoms with Gasteiger partial charge in [-0.2, -0.15) is 0 Å². The third kappa shape index (κ3) is 3.00. The minimum absolute atomic E-state index is 0.275. The second-order valence-electron chi connectivity index (χ2n) is 10.0. The number of nitrogens with one attached hydrogen (secondary N) is 2. The molecule has 1 amide bonds. The summed E-state index contributed by atoms with van der Waals surface area (Å²) < 4.78 is 2.23. The third-order valence-electron chi connectivity index (χ3n) is 8.04. The molecule has 2 N–H and O–H groups in total. The molecular formula is C22H34N3O+. The Morgan fingerprint density at radius 2 is 1.92 bits per heavy atom. The molecule has 4 bridgehead atoms. The maximum Gasteiger partial charge on any atom is 0.275 e. The highest BCUT2D eigenvalue weighted by Gasteiger charge is 2.50. The van der Waals surface area contributed by atoms with E-state index in [0.29, 0.717) is 18.0 Å². The Morgan fingerprint density at radius 3 is 2.54 bits per heavy atom. The molecule has 2 heterocycles. The molecule has 142 valence electrons. The number of quaternary nitrogens is 1. The molecular weight excluding hydrogens is 322 g/mol. The van der Waals surface area contributed by atoms with Gasteiger partial charge in [-0.15, -0.1) is 0 Å². The van der Waals surface area contributed by atoms with Crippen LogP contribution in [0.25, 0.3) is 0 Å². The fourth-order valence-corrected chi connectivity index (χ4v) is 7.38. The summed E-state index contributed by atoms with van der Waals surface area (Å²) in [6.07, 6.45) is 13.1. The predicted molar refractivity (Wildman–Crippen MR) is 102 cm³/mol. The van der Waals surface area contributed by atoms with E-state index in [4.69, 9.17) is 0 Å². The normalized spacial score (nSPS) is 40.9. The molecule has 0 radical (unpaired) electrons. The summed E-state index contributed by atoms with van der Waals surface area (Å²) in [6.45, 7) is 2.71. The third-order valence-corrected chi connectivity index (χ3v) is 8.04. The zero-order valence-electron chi connectivity index (χ0n) is 16.2. The second kappa shape index (κ2) is 6.40. The summed E-state index contributed by atoms with van der Waals surface area (Å²) in [7, 11) is 2.12. The van der Waals surface area contributed by atoms with Crippen molar-refractivity contribution >= 4 is 5.91 Å². The van der Waals surface area contributed by atoms with E-state index in [0.717, 1.165) is 30.8 Å². The zero-order chi connectivity index (χ0) is 17.7. The molecule has 1 aliphatic heterocycles. The van der Waals surface area contributed by atoms with Gasteiger partial charge in [0.15, 0.2) is 6.54 Å². The van der Waals surface area contributed by atoms with Crippen LogP contribution in [0.2, 0.25) is 0 Å². The van der Waals surface area contributed by atoms with E-state index in [-0.39, 0.29) is 5.91 Å². The van der Waals surface area contributed by atoms with E-state index in [1.165, 1.54) is 62.0 Å². The Morgan fingerprint density at radius 1 is 1.23 bits per heavy atom. The molecule has 0 spiro atoms. The highest BCUT2D eigenvalue weighted by atomic mass is 16.2. The van der Waals surface area contributed by atoms with Gasteiger partial charge in [-0.25, -0.2) is 0 Å². The van der Waals surface area contributed by atoms with Gasteiger partial charge in [-0.05, 0) is 73.8 Å². The number of aryl methyl sites for hydroxylation is 1. The van der Waals surface area contributed by atoms with Gasteiger partial charge in [0, 0.05) is 32.6 Å².